The van der Waals surface area contributed by atoms with E-state index in [-0.39, 0.29) is 17.2 Å². The highest BCUT2D eigenvalue weighted by Crippen LogP contribution is 2.39. The molecule has 34 heavy (non-hydrogen) atoms. The van der Waals surface area contributed by atoms with E-state index < -0.39 is 0 Å². The van der Waals surface area contributed by atoms with Crippen LogP contribution < -0.4 is 4.74 Å². The van der Waals surface area contributed by atoms with Gasteiger partial charge >= 0.3 is 0 Å². The van der Waals surface area contributed by atoms with E-state index in [0.29, 0.717) is 32.1 Å². The molecule has 1 aromatic carbocycles. The average Bonchev–Trinajstić information content (AvgIpc) is 2.89. The first-order valence-corrected chi connectivity index (χ1v) is 13.5. The number of amides is 2. The van der Waals surface area contributed by atoms with Crippen molar-refractivity contribution in [3.05, 3.63) is 29.8 Å². The second kappa shape index (κ2) is 11.6. The lowest BCUT2D eigenvalue weighted by Crippen LogP contribution is -2.52. The molecule has 3 aliphatic rings. The zero-order valence-electron chi connectivity index (χ0n) is 21.3. The molecule has 0 radical (unpaired) electrons. The molecule has 188 valence electrons. The molecule has 0 N–H and O–H groups in total. The maximum atomic E-state index is 13.7. The Morgan fingerprint density at radius 2 is 1.74 bits per heavy atom. The van der Waals surface area contributed by atoms with Crippen LogP contribution in [0.1, 0.15) is 63.9 Å². The molecule has 0 atom stereocenters. The SMILES string of the molecule is CCN1CCC(C(=O)N2CCC3(CCCCCc4ccccc4OCCN(C)C3=O)CC2)CC1. The number of hydrogen-bond acceptors (Lipinski definition) is 4. The molecule has 4 rings (SSSR count). The van der Waals surface area contributed by atoms with E-state index in [1.54, 1.807) is 0 Å². The lowest BCUT2D eigenvalue weighted by atomic mass is 9.73. The lowest BCUT2D eigenvalue weighted by molar-refractivity contribution is -0.150. The summed E-state index contributed by atoms with van der Waals surface area (Å²) in [5.74, 6) is 1.68. The molecule has 2 saturated heterocycles. The number of para-hydroxylation sites is 1. The Morgan fingerprint density at radius 1 is 1.00 bits per heavy atom. The molecule has 6 nitrogen and oxygen atoms in total. The van der Waals surface area contributed by atoms with Crippen LogP contribution in [0.3, 0.4) is 0 Å². The first-order chi connectivity index (χ1) is 16.5. The summed E-state index contributed by atoms with van der Waals surface area (Å²) in [6, 6.07) is 8.29. The monoisotopic (exact) mass is 469 g/mol. The van der Waals surface area contributed by atoms with Gasteiger partial charge in [0.25, 0.3) is 0 Å². The predicted molar refractivity (Wildman–Crippen MR) is 135 cm³/mol. The minimum Gasteiger partial charge on any atom is -0.491 e. The molecule has 3 aliphatic heterocycles. The number of likely N-dealkylation sites (N-methyl/N-ethyl adjacent to an activating group) is 1. The van der Waals surface area contributed by atoms with E-state index in [2.05, 4.69) is 28.9 Å². The Bertz CT molecular complexity index is 826. The van der Waals surface area contributed by atoms with Crippen LogP contribution in [0.4, 0.5) is 0 Å². The smallest absolute Gasteiger partial charge is 0.228 e. The number of hydrogen-bond donors (Lipinski definition) is 0. The predicted octanol–water partition coefficient (Wildman–Crippen LogP) is 3.98. The van der Waals surface area contributed by atoms with Crippen LogP contribution in [0, 0.1) is 11.3 Å². The first-order valence-electron chi connectivity index (χ1n) is 13.5. The topological polar surface area (TPSA) is 53.1 Å². The zero-order valence-corrected chi connectivity index (χ0v) is 21.3. The fourth-order valence-electron chi connectivity index (χ4n) is 6.09. The Morgan fingerprint density at radius 3 is 2.47 bits per heavy atom. The quantitative estimate of drug-likeness (QED) is 0.658. The highest BCUT2D eigenvalue weighted by molar-refractivity contribution is 5.84. The van der Waals surface area contributed by atoms with Crippen molar-refractivity contribution in [2.75, 3.05) is 52.9 Å². The fourth-order valence-corrected chi connectivity index (χ4v) is 6.09. The van der Waals surface area contributed by atoms with Crippen molar-refractivity contribution in [2.24, 2.45) is 11.3 Å². The van der Waals surface area contributed by atoms with E-state index in [1.807, 2.05) is 24.1 Å². The van der Waals surface area contributed by atoms with Gasteiger partial charge in [0.1, 0.15) is 12.4 Å². The molecule has 1 spiro atoms. The van der Waals surface area contributed by atoms with Crippen LogP contribution >= 0.6 is 0 Å². The summed E-state index contributed by atoms with van der Waals surface area (Å²) in [6.07, 6.45) is 8.76. The maximum absolute atomic E-state index is 13.7. The van der Waals surface area contributed by atoms with E-state index in [4.69, 9.17) is 4.74 Å². The molecule has 0 aromatic heterocycles. The minimum atomic E-state index is -0.335. The first kappa shape index (κ1) is 25.0. The molecular formula is C28H43N3O3. The number of nitrogens with zero attached hydrogens (tertiary/aromatic N) is 3. The summed E-state index contributed by atoms with van der Waals surface area (Å²) in [5.41, 5.74) is 0.930. The zero-order chi connectivity index (χ0) is 24.0. The van der Waals surface area contributed by atoms with Crippen molar-refractivity contribution in [2.45, 2.75) is 64.7 Å². The summed E-state index contributed by atoms with van der Waals surface area (Å²) >= 11 is 0. The van der Waals surface area contributed by atoms with Gasteiger partial charge in [-0.1, -0.05) is 38.0 Å². The molecule has 2 fully saturated rings. The van der Waals surface area contributed by atoms with Crippen LogP contribution in [-0.4, -0.2) is 79.4 Å². The summed E-state index contributed by atoms with van der Waals surface area (Å²) in [5, 5.41) is 0. The van der Waals surface area contributed by atoms with Crippen LogP contribution in [0.15, 0.2) is 24.3 Å². The van der Waals surface area contributed by atoms with Crippen molar-refractivity contribution >= 4 is 11.8 Å². The largest absolute Gasteiger partial charge is 0.491 e. The highest BCUT2D eigenvalue weighted by Gasteiger charge is 2.44. The van der Waals surface area contributed by atoms with Crippen LogP contribution in [0.2, 0.25) is 0 Å². The Hall–Kier alpha value is -2.08. The molecule has 0 bridgehead atoms. The van der Waals surface area contributed by atoms with Gasteiger partial charge < -0.3 is 19.4 Å². The van der Waals surface area contributed by atoms with Gasteiger partial charge in [0.2, 0.25) is 11.8 Å². The van der Waals surface area contributed by atoms with Gasteiger partial charge in [0, 0.05) is 26.1 Å². The van der Waals surface area contributed by atoms with E-state index in [0.717, 1.165) is 83.2 Å². The van der Waals surface area contributed by atoms with Crippen molar-refractivity contribution in [1.82, 2.24) is 14.7 Å². The highest BCUT2D eigenvalue weighted by atomic mass is 16.5. The normalized spacial score (nSPS) is 23.4. The maximum Gasteiger partial charge on any atom is 0.228 e. The third-order valence-electron chi connectivity index (χ3n) is 8.47. The van der Waals surface area contributed by atoms with Crippen LogP contribution in [0.5, 0.6) is 5.75 Å². The molecule has 0 saturated carbocycles. The Labute approximate surface area is 205 Å². The number of aryl methyl sites for hydroxylation is 1. The van der Waals surface area contributed by atoms with Gasteiger partial charge in [0.05, 0.1) is 12.0 Å². The molecule has 0 unspecified atom stereocenters. The second-order valence-corrected chi connectivity index (χ2v) is 10.6. The van der Waals surface area contributed by atoms with E-state index >= 15 is 0 Å². The summed E-state index contributed by atoms with van der Waals surface area (Å²) < 4.78 is 6.08. The second-order valence-electron chi connectivity index (χ2n) is 10.6. The van der Waals surface area contributed by atoms with Gasteiger partial charge in [-0.25, -0.2) is 0 Å². The van der Waals surface area contributed by atoms with Crippen molar-refractivity contribution in [3.63, 3.8) is 0 Å². The Kier molecular flexibility index (Phi) is 8.51. The third-order valence-corrected chi connectivity index (χ3v) is 8.47. The lowest BCUT2D eigenvalue weighted by Gasteiger charge is -2.44. The van der Waals surface area contributed by atoms with Crippen molar-refractivity contribution < 1.29 is 14.3 Å². The average molecular weight is 470 g/mol. The number of rotatable bonds is 2. The van der Waals surface area contributed by atoms with Gasteiger partial charge in [0.15, 0.2) is 0 Å². The number of carbonyl (C=O) groups is 2. The van der Waals surface area contributed by atoms with Crippen molar-refractivity contribution in [3.8, 4) is 5.75 Å². The molecule has 1 aromatic rings. The number of ether oxygens (including phenoxy) is 1. The number of piperidine rings is 2. The van der Waals surface area contributed by atoms with Crippen LogP contribution in [-0.2, 0) is 16.0 Å². The van der Waals surface area contributed by atoms with Gasteiger partial charge in [-0.05, 0) is 76.2 Å². The van der Waals surface area contributed by atoms with Gasteiger partial charge in [-0.3, -0.25) is 9.59 Å². The molecule has 0 aliphatic carbocycles. The summed E-state index contributed by atoms with van der Waals surface area (Å²) in [4.78, 5) is 33.3. The van der Waals surface area contributed by atoms with Crippen molar-refractivity contribution in [1.29, 1.82) is 0 Å². The van der Waals surface area contributed by atoms with Gasteiger partial charge in [-0.15, -0.1) is 0 Å². The summed E-state index contributed by atoms with van der Waals surface area (Å²) in [6.45, 7) is 7.85. The van der Waals surface area contributed by atoms with E-state index in [9.17, 15) is 9.59 Å². The standard InChI is InChI=1S/C28H43N3O3/c1-3-30-17-12-24(13-18-30)26(32)31-19-15-28(16-20-31)14-8-4-5-9-23-10-6-7-11-25(23)34-22-21-29(2)27(28)33/h6-7,10-11,24H,3-5,8-9,12-22H2,1-2H3. The summed E-state index contributed by atoms with van der Waals surface area (Å²) in [7, 11) is 1.91. The van der Waals surface area contributed by atoms with E-state index in [1.165, 1.54) is 5.56 Å². The molecule has 2 amide bonds. The molecule has 3 heterocycles. The minimum absolute atomic E-state index is 0.161. The third kappa shape index (κ3) is 5.76. The Balaban J connectivity index is 1.38. The fraction of sp³-hybridized carbons (Fsp3) is 0.714. The number of carbonyl (C=O) groups excluding carboxylic acids is 2. The number of fused-ring (bicyclic) bond motifs is 1. The molecule has 6 heteroatoms. The number of benzene rings is 1. The van der Waals surface area contributed by atoms with Crippen LogP contribution in [0.25, 0.3) is 0 Å². The molecular weight excluding hydrogens is 426 g/mol. The van der Waals surface area contributed by atoms with Gasteiger partial charge in [-0.2, -0.15) is 0 Å². The number of likely N-dealkylation sites (tertiary alicyclic amines) is 2.